The smallest absolute Gasteiger partial charge is 0.134 e. The molecule has 2 rings (SSSR count). The van der Waals surface area contributed by atoms with Gasteiger partial charge in [0, 0.05) is 37.7 Å². The molecule has 1 saturated heterocycles. The highest BCUT2D eigenvalue weighted by Crippen LogP contribution is 2.20. The number of aromatic nitrogens is 2. The van der Waals surface area contributed by atoms with Gasteiger partial charge >= 0.3 is 0 Å². The SMILES string of the molecule is CCCNc1snnc1CN1CCOC(CO)C1. The third-order valence-electron chi connectivity index (χ3n) is 2.89. The summed E-state index contributed by atoms with van der Waals surface area (Å²) in [5, 5.41) is 17.7. The lowest BCUT2D eigenvalue weighted by atomic mass is 10.2. The number of nitrogens with zero attached hydrogens (tertiary/aromatic N) is 3. The lowest BCUT2D eigenvalue weighted by Crippen LogP contribution is -2.43. The first kappa shape index (κ1) is 13.7. The average molecular weight is 272 g/mol. The van der Waals surface area contributed by atoms with Gasteiger partial charge in [0.25, 0.3) is 0 Å². The molecule has 0 aromatic carbocycles. The highest BCUT2D eigenvalue weighted by molar-refractivity contribution is 7.10. The van der Waals surface area contributed by atoms with Crippen LogP contribution in [-0.4, -0.2) is 58.5 Å². The fraction of sp³-hybridized carbons (Fsp3) is 0.818. The minimum atomic E-state index is -0.0719. The van der Waals surface area contributed by atoms with E-state index in [0.29, 0.717) is 6.61 Å². The summed E-state index contributed by atoms with van der Waals surface area (Å²) in [6.07, 6.45) is 1.01. The van der Waals surface area contributed by atoms with Gasteiger partial charge in [0.1, 0.15) is 10.7 Å². The molecule has 1 aromatic rings. The minimum Gasteiger partial charge on any atom is -0.394 e. The van der Waals surface area contributed by atoms with Crippen LogP contribution in [0.3, 0.4) is 0 Å². The molecule has 1 aliphatic rings. The maximum Gasteiger partial charge on any atom is 0.134 e. The Kier molecular flexibility index (Phi) is 5.30. The van der Waals surface area contributed by atoms with E-state index in [1.165, 1.54) is 11.5 Å². The standard InChI is InChI=1S/C11H20N4O2S/c1-2-3-12-11-10(13-14-18-11)7-15-4-5-17-9(6-15)8-16/h9,12,16H,2-8H2,1H3. The zero-order chi connectivity index (χ0) is 12.8. The lowest BCUT2D eigenvalue weighted by Gasteiger charge is -2.31. The molecule has 1 unspecified atom stereocenters. The van der Waals surface area contributed by atoms with Gasteiger partial charge in [0.15, 0.2) is 0 Å². The Morgan fingerprint density at radius 3 is 3.28 bits per heavy atom. The first-order valence-electron chi connectivity index (χ1n) is 6.33. The van der Waals surface area contributed by atoms with E-state index in [1.807, 2.05) is 0 Å². The number of nitrogens with one attached hydrogen (secondary N) is 1. The Balaban J connectivity index is 1.90. The molecule has 0 amide bonds. The third kappa shape index (κ3) is 3.61. The van der Waals surface area contributed by atoms with Gasteiger partial charge in [-0.1, -0.05) is 11.4 Å². The van der Waals surface area contributed by atoms with Gasteiger partial charge in [-0.25, -0.2) is 0 Å². The molecule has 0 spiro atoms. The molecule has 1 aliphatic heterocycles. The Bertz CT molecular complexity index is 361. The van der Waals surface area contributed by atoms with Crippen molar-refractivity contribution in [1.29, 1.82) is 0 Å². The topological polar surface area (TPSA) is 70.5 Å². The molecule has 1 atom stereocenters. The predicted octanol–water partition coefficient (Wildman–Crippen LogP) is 0.553. The summed E-state index contributed by atoms with van der Waals surface area (Å²) in [6.45, 7) is 6.21. The molecule has 0 saturated carbocycles. The van der Waals surface area contributed by atoms with E-state index in [0.717, 1.165) is 43.3 Å². The number of aliphatic hydroxyl groups excluding tert-OH is 1. The zero-order valence-corrected chi connectivity index (χ0v) is 11.4. The van der Waals surface area contributed by atoms with Crippen LogP contribution in [0, 0.1) is 0 Å². The predicted molar refractivity (Wildman–Crippen MR) is 70.8 cm³/mol. The van der Waals surface area contributed by atoms with Crippen LogP contribution < -0.4 is 5.32 Å². The monoisotopic (exact) mass is 272 g/mol. The molecule has 1 aromatic heterocycles. The van der Waals surface area contributed by atoms with E-state index in [1.54, 1.807) is 0 Å². The van der Waals surface area contributed by atoms with E-state index in [-0.39, 0.29) is 12.7 Å². The first-order valence-corrected chi connectivity index (χ1v) is 7.10. The maximum atomic E-state index is 9.12. The Morgan fingerprint density at radius 2 is 2.50 bits per heavy atom. The zero-order valence-electron chi connectivity index (χ0n) is 10.6. The summed E-state index contributed by atoms with van der Waals surface area (Å²) in [5.41, 5.74) is 0.993. The number of aliphatic hydroxyl groups is 1. The Hall–Kier alpha value is -0.760. The van der Waals surface area contributed by atoms with Crippen molar-refractivity contribution in [2.45, 2.75) is 26.0 Å². The fourth-order valence-corrected chi connectivity index (χ4v) is 2.53. The van der Waals surface area contributed by atoms with Crippen molar-refractivity contribution in [3.05, 3.63) is 5.69 Å². The van der Waals surface area contributed by atoms with Gasteiger partial charge in [0.05, 0.1) is 19.3 Å². The van der Waals surface area contributed by atoms with Crippen LogP contribution >= 0.6 is 11.5 Å². The van der Waals surface area contributed by atoms with Crippen LogP contribution in [-0.2, 0) is 11.3 Å². The molecule has 2 heterocycles. The van der Waals surface area contributed by atoms with Crippen molar-refractivity contribution in [2.24, 2.45) is 0 Å². The summed E-state index contributed by atoms with van der Waals surface area (Å²) >= 11 is 1.41. The van der Waals surface area contributed by atoms with Crippen LogP contribution in [0.5, 0.6) is 0 Å². The number of rotatable bonds is 6. The van der Waals surface area contributed by atoms with E-state index < -0.39 is 0 Å². The molecule has 0 bridgehead atoms. The molecule has 0 radical (unpaired) electrons. The highest BCUT2D eigenvalue weighted by Gasteiger charge is 2.21. The lowest BCUT2D eigenvalue weighted by molar-refractivity contribution is -0.0553. The normalized spacial score (nSPS) is 21.1. The van der Waals surface area contributed by atoms with Gasteiger partial charge < -0.3 is 15.2 Å². The van der Waals surface area contributed by atoms with Crippen LogP contribution in [0.25, 0.3) is 0 Å². The van der Waals surface area contributed by atoms with Crippen LogP contribution in [0.2, 0.25) is 0 Å². The van der Waals surface area contributed by atoms with Gasteiger partial charge in [0.2, 0.25) is 0 Å². The minimum absolute atomic E-state index is 0.0719. The van der Waals surface area contributed by atoms with Crippen molar-refractivity contribution < 1.29 is 9.84 Å². The second-order valence-electron chi connectivity index (χ2n) is 4.39. The maximum absolute atomic E-state index is 9.12. The molecule has 2 N–H and O–H groups in total. The average Bonchev–Trinajstić information content (AvgIpc) is 2.84. The van der Waals surface area contributed by atoms with Crippen molar-refractivity contribution in [2.75, 3.05) is 38.2 Å². The molecular weight excluding hydrogens is 252 g/mol. The quantitative estimate of drug-likeness (QED) is 0.788. The fourth-order valence-electron chi connectivity index (χ4n) is 1.93. The van der Waals surface area contributed by atoms with Crippen molar-refractivity contribution in [3.8, 4) is 0 Å². The van der Waals surface area contributed by atoms with Crippen molar-refractivity contribution >= 4 is 16.5 Å². The van der Waals surface area contributed by atoms with Gasteiger partial charge in [-0.3, -0.25) is 4.90 Å². The number of anilines is 1. The molecule has 1 fully saturated rings. The second-order valence-corrected chi connectivity index (χ2v) is 5.14. The molecule has 6 nitrogen and oxygen atoms in total. The summed E-state index contributed by atoms with van der Waals surface area (Å²) in [6, 6.07) is 0. The number of morpholine rings is 1. The molecule has 102 valence electrons. The Labute approximate surface area is 111 Å². The molecule has 18 heavy (non-hydrogen) atoms. The van der Waals surface area contributed by atoms with E-state index >= 15 is 0 Å². The number of hydrogen-bond acceptors (Lipinski definition) is 7. The summed E-state index contributed by atoms with van der Waals surface area (Å²) in [4.78, 5) is 2.25. The summed E-state index contributed by atoms with van der Waals surface area (Å²) in [7, 11) is 0. The summed E-state index contributed by atoms with van der Waals surface area (Å²) in [5.74, 6) is 0. The molecular formula is C11H20N4O2S. The van der Waals surface area contributed by atoms with E-state index in [2.05, 4.69) is 26.7 Å². The van der Waals surface area contributed by atoms with Gasteiger partial charge in [-0.05, 0) is 6.42 Å². The Morgan fingerprint density at radius 1 is 1.61 bits per heavy atom. The van der Waals surface area contributed by atoms with Crippen molar-refractivity contribution in [1.82, 2.24) is 14.5 Å². The van der Waals surface area contributed by atoms with Crippen molar-refractivity contribution in [3.63, 3.8) is 0 Å². The largest absolute Gasteiger partial charge is 0.394 e. The molecule has 0 aliphatic carbocycles. The summed E-state index contributed by atoms with van der Waals surface area (Å²) < 4.78 is 9.43. The molecule has 7 heteroatoms. The third-order valence-corrected chi connectivity index (χ3v) is 3.62. The second kappa shape index (κ2) is 6.98. The van der Waals surface area contributed by atoms with Crippen LogP contribution in [0.4, 0.5) is 5.00 Å². The number of hydrogen-bond donors (Lipinski definition) is 2. The highest BCUT2D eigenvalue weighted by atomic mass is 32.1. The first-order chi connectivity index (χ1) is 8.83. The van der Waals surface area contributed by atoms with E-state index in [4.69, 9.17) is 9.84 Å². The number of ether oxygens (including phenoxy) is 1. The van der Waals surface area contributed by atoms with Crippen LogP contribution in [0.1, 0.15) is 19.0 Å². The van der Waals surface area contributed by atoms with Crippen LogP contribution in [0.15, 0.2) is 0 Å². The van der Waals surface area contributed by atoms with Gasteiger partial charge in [-0.2, -0.15) is 0 Å². The van der Waals surface area contributed by atoms with Gasteiger partial charge in [-0.15, -0.1) is 5.10 Å². The van der Waals surface area contributed by atoms with E-state index in [9.17, 15) is 0 Å².